The van der Waals surface area contributed by atoms with Crippen molar-refractivity contribution in [3.8, 4) is 0 Å². The Morgan fingerprint density at radius 2 is 1.82 bits per heavy atom. The summed E-state index contributed by atoms with van der Waals surface area (Å²) in [5.41, 5.74) is 11.3. The van der Waals surface area contributed by atoms with Gasteiger partial charge in [0.15, 0.2) is 0 Å². The molecule has 8 nitrogen and oxygen atoms in total. The number of hydrogen-bond acceptors (Lipinski definition) is 7. The number of anilines is 2. The summed E-state index contributed by atoms with van der Waals surface area (Å²) < 4.78 is 1.56. The topological polar surface area (TPSA) is 92.3 Å². The van der Waals surface area contributed by atoms with Crippen molar-refractivity contribution in [3.05, 3.63) is 88.1 Å². The van der Waals surface area contributed by atoms with Gasteiger partial charge in [0.2, 0.25) is 5.95 Å². The molecule has 0 atom stereocenters. The first-order valence-corrected chi connectivity index (χ1v) is 13.1. The highest BCUT2D eigenvalue weighted by molar-refractivity contribution is 5.86. The van der Waals surface area contributed by atoms with Crippen LogP contribution in [0.2, 0.25) is 0 Å². The fourth-order valence-electron chi connectivity index (χ4n) is 4.86. The summed E-state index contributed by atoms with van der Waals surface area (Å²) in [5, 5.41) is 3.34. The molecular formula is C30H39N7O. The molecule has 1 fully saturated rings. The number of aryl methyl sites for hydroxylation is 1. The summed E-state index contributed by atoms with van der Waals surface area (Å²) >= 11 is 0. The van der Waals surface area contributed by atoms with Crippen molar-refractivity contribution in [1.29, 1.82) is 0 Å². The minimum atomic E-state index is -0.118. The van der Waals surface area contributed by atoms with E-state index in [4.69, 9.17) is 5.73 Å². The van der Waals surface area contributed by atoms with Crippen LogP contribution in [-0.4, -0.2) is 64.1 Å². The van der Waals surface area contributed by atoms with Crippen LogP contribution in [0, 0.1) is 0 Å². The number of nitrogens with one attached hydrogen (secondary N) is 1. The van der Waals surface area contributed by atoms with Crippen molar-refractivity contribution >= 4 is 29.0 Å². The van der Waals surface area contributed by atoms with Crippen LogP contribution in [-0.2, 0) is 13.5 Å². The van der Waals surface area contributed by atoms with Gasteiger partial charge in [-0.2, -0.15) is 0 Å². The maximum Gasteiger partial charge on any atom is 0.260 e. The molecule has 0 saturated carbocycles. The van der Waals surface area contributed by atoms with Gasteiger partial charge in [0.05, 0.1) is 5.56 Å². The van der Waals surface area contributed by atoms with Gasteiger partial charge in [-0.25, -0.2) is 9.97 Å². The number of piperidine rings is 1. The Kier molecular flexibility index (Phi) is 8.76. The molecule has 1 aliphatic rings. The highest BCUT2D eigenvalue weighted by Gasteiger charge is 2.20. The number of nitrogens with two attached hydrogens (primary N) is 1. The average Bonchev–Trinajstić information content (AvgIpc) is 2.91. The van der Waals surface area contributed by atoms with Gasteiger partial charge in [-0.1, -0.05) is 24.8 Å². The van der Waals surface area contributed by atoms with Crippen molar-refractivity contribution in [2.45, 2.75) is 32.2 Å². The van der Waals surface area contributed by atoms with E-state index in [1.165, 1.54) is 18.4 Å². The normalized spacial score (nSPS) is 15.1. The van der Waals surface area contributed by atoms with E-state index in [1.54, 1.807) is 30.2 Å². The average molecular weight is 514 g/mol. The molecule has 1 saturated heterocycles. The Bertz CT molecular complexity index is 1330. The molecule has 8 heteroatoms. The minimum Gasteiger partial charge on any atom is -0.368 e. The van der Waals surface area contributed by atoms with Gasteiger partial charge in [0, 0.05) is 55.2 Å². The second-order valence-electron chi connectivity index (χ2n) is 10.3. The first kappa shape index (κ1) is 27.3. The van der Waals surface area contributed by atoms with Gasteiger partial charge >= 0.3 is 0 Å². The summed E-state index contributed by atoms with van der Waals surface area (Å²) in [7, 11) is 6.09. The number of aromatic nitrogens is 3. The van der Waals surface area contributed by atoms with Crippen LogP contribution in [0.25, 0.3) is 17.3 Å². The summed E-state index contributed by atoms with van der Waals surface area (Å²) in [6.07, 6.45) is 10.6. The highest BCUT2D eigenvalue weighted by atomic mass is 16.1. The molecule has 38 heavy (non-hydrogen) atoms. The van der Waals surface area contributed by atoms with Crippen molar-refractivity contribution < 1.29 is 0 Å². The van der Waals surface area contributed by atoms with E-state index in [0.717, 1.165) is 48.4 Å². The van der Waals surface area contributed by atoms with Crippen molar-refractivity contribution in [2.75, 3.05) is 44.8 Å². The third-order valence-electron chi connectivity index (χ3n) is 7.35. The predicted molar refractivity (Wildman–Crippen MR) is 158 cm³/mol. The van der Waals surface area contributed by atoms with E-state index in [0.29, 0.717) is 17.3 Å². The molecule has 3 N–H and O–H groups in total. The Morgan fingerprint density at radius 3 is 2.45 bits per heavy atom. The lowest BCUT2D eigenvalue weighted by Crippen LogP contribution is -2.42. The zero-order chi connectivity index (χ0) is 27.2. The van der Waals surface area contributed by atoms with Crippen LogP contribution in [0.15, 0.2) is 60.3 Å². The number of nitrogens with zero attached hydrogens (tertiary/aromatic N) is 5. The molecule has 3 heterocycles. The number of rotatable bonds is 9. The van der Waals surface area contributed by atoms with Gasteiger partial charge in [-0.15, -0.1) is 0 Å². The fraction of sp³-hybridized carbons (Fsp3) is 0.367. The zero-order valence-electron chi connectivity index (χ0n) is 22.9. The second kappa shape index (κ2) is 12.2. The van der Waals surface area contributed by atoms with Gasteiger partial charge in [0.1, 0.15) is 0 Å². The quantitative estimate of drug-likeness (QED) is 0.447. The first-order valence-electron chi connectivity index (χ1n) is 13.1. The third kappa shape index (κ3) is 6.76. The van der Waals surface area contributed by atoms with Gasteiger partial charge in [-0.3, -0.25) is 4.79 Å². The maximum atomic E-state index is 13.1. The van der Waals surface area contributed by atoms with Crippen LogP contribution < -0.4 is 16.6 Å². The Hall–Kier alpha value is -3.75. The largest absolute Gasteiger partial charge is 0.368 e. The lowest BCUT2D eigenvalue weighted by Gasteiger charge is -2.35. The summed E-state index contributed by atoms with van der Waals surface area (Å²) in [6.45, 7) is 9.56. The van der Waals surface area contributed by atoms with Crippen LogP contribution in [0.5, 0.6) is 0 Å². The minimum absolute atomic E-state index is 0.118. The van der Waals surface area contributed by atoms with Crippen molar-refractivity contribution in [2.24, 2.45) is 7.05 Å². The SMILES string of the molecule is C=C(Nc1ccc(CCN2CCC(N(C)C)CC2)cc1)c1c(/C=C(\C)c2cnc(N)nc2)ccn(C)c1=O. The van der Waals surface area contributed by atoms with Crippen LogP contribution in [0.3, 0.4) is 0 Å². The molecule has 200 valence electrons. The van der Waals surface area contributed by atoms with Gasteiger partial charge in [-0.05, 0) is 88.3 Å². The van der Waals surface area contributed by atoms with E-state index < -0.39 is 0 Å². The molecule has 0 unspecified atom stereocenters. The molecule has 4 rings (SSSR count). The first-order chi connectivity index (χ1) is 18.2. The molecular weight excluding hydrogens is 474 g/mol. The van der Waals surface area contributed by atoms with E-state index >= 15 is 0 Å². The van der Waals surface area contributed by atoms with Gasteiger partial charge < -0.3 is 25.4 Å². The van der Waals surface area contributed by atoms with E-state index in [2.05, 4.69) is 70.0 Å². The predicted octanol–water partition coefficient (Wildman–Crippen LogP) is 3.97. The van der Waals surface area contributed by atoms with Gasteiger partial charge in [0.25, 0.3) is 5.56 Å². The summed E-state index contributed by atoms with van der Waals surface area (Å²) in [5.74, 6) is 0.226. The van der Waals surface area contributed by atoms with Crippen LogP contribution in [0.1, 0.15) is 42.0 Å². The van der Waals surface area contributed by atoms with E-state index in [1.807, 2.05) is 19.1 Å². The van der Waals surface area contributed by atoms with Crippen LogP contribution >= 0.6 is 0 Å². The maximum absolute atomic E-state index is 13.1. The van der Waals surface area contributed by atoms with Crippen molar-refractivity contribution in [3.63, 3.8) is 0 Å². The standard InChI is InChI=1S/C30H39N7O/c1-21(25-19-32-30(31)33-20-25)18-24-11-14-36(5)29(38)28(24)22(2)34-26-8-6-23(7-9-26)10-15-37-16-12-27(13-17-37)35(3)4/h6-9,11,14,18-20,27,34H,2,10,12-13,15-17H2,1,3-5H3,(H2,31,32,33)/b21-18+. The third-order valence-corrected chi connectivity index (χ3v) is 7.35. The smallest absolute Gasteiger partial charge is 0.260 e. The second-order valence-corrected chi connectivity index (χ2v) is 10.3. The molecule has 0 aliphatic carbocycles. The van der Waals surface area contributed by atoms with Crippen LogP contribution in [0.4, 0.5) is 11.6 Å². The fourth-order valence-corrected chi connectivity index (χ4v) is 4.86. The number of pyridine rings is 1. The molecule has 0 bridgehead atoms. The Labute approximate surface area is 225 Å². The monoisotopic (exact) mass is 513 g/mol. The molecule has 2 aromatic heterocycles. The lowest BCUT2D eigenvalue weighted by molar-refractivity contribution is 0.146. The zero-order valence-corrected chi connectivity index (χ0v) is 22.9. The van der Waals surface area contributed by atoms with E-state index in [-0.39, 0.29) is 11.5 Å². The number of nitrogen functional groups attached to an aromatic ring is 1. The molecule has 1 aromatic carbocycles. The number of allylic oxidation sites excluding steroid dienone is 1. The number of likely N-dealkylation sites (tertiary alicyclic amines) is 1. The summed E-state index contributed by atoms with van der Waals surface area (Å²) in [6, 6.07) is 11.0. The van der Waals surface area contributed by atoms with E-state index in [9.17, 15) is 4.79 Å². The summed E-state index contributed by atoms with van der Waals surface area (Å²) in [4.78, 5) is 26.2. The lowest BCUT2D eigenvalue weighted by atomic mass is 10.0. The molecule has 0 amide bonds. The number of benzene rings is 1. The Balaban J connectivity index is 1.43. The molecule has 0 spiro atoms. The molecule has 1 aliphatic heterocycles. The molecule has 3 aromatic rings. The Morgan fingerprint density at radius 1 is 1.16 bits per heavy atom. The number of hydrogen-bond donors (Lipinski definition) is 2. The van der Waals surface area contributed by atoms with Crippen molar-refractivity contribution in [1.82, 2.24) is 24.3 Å². The molecule has 0 radical (unpaired) electrons. The highest BCUT2D eigenvalue weighted by Crippen LogP contribution is 2.23.